The number of ether oxygens (including phenoxy) is 1. The number of carbonyl (C=O) groups excluding carboxylic acids is 4. The first-order valence-corrected chi connectivity index (χ1v) is 12.9. The summed E-state index contributed by atoms with van der Waals surface area (Å²) in [6, 6.07) is 18.9. The lowest BCUT2D eigenvalue weighted by molar-refractivity contribution is -0.794. The molecule has 39 heavy (non-hydrogen) atoms. The van der Waals surface area contributed by atoms with Gasteiger partial charge in [-0.05, 0) is 11.1 Å². The van der Waals surface area contributed by atoms with Gasteiger partial charge in [-0.1, -0.05) is 72.7 Å². The van der Waals surface area contributed by atoms with E-state index in [9.17, 15) is 19.2 Å². The molecular formula is C26H28B2N2O9. The zero-order chi connectivity index (χ0) is 27.5. The fraction of sp³-hybridized carbons (Fsp3) is 0.308. The fourth-order valence-electron chi connectivity index (χ4n) is 6.19. The van der Waals surface area contributed by atoms with E-state index < -0.39 is 13.4 Å². The Morgan fingerprint density at radius 3 is 1.74 bits per heavy atom. The van der Waals surface area contributed by atoms with Gasteiger partial charge in [0.25, 0.3) is 0 Å². The van der Waals surface area contributed by atoms with Gasteiger partial charge in [0, 0.05) is 14.1 Å². The van der Waals surface area contributed by atoms with Crippen molar-refractivity contribution in [2.45, 2.75) is 12.1 Å². The molecule has 0 bridgehead atoms. The van der Waals surface area contributed by atoms with E-state index in [1.54, 1.807) is 5.98 Å². The third-order valence-corrected chi connectivity index (χ3v) is 8.30. The molecule has 0 radical (unpaired) electrons. The van der Waals surface area contributed by atoms with E-state index in [0.717, 1.165) is 11.1 Å². The third kappa shape index (κ3) is 4.13. The molecule has 7 rings (SSSR count). The van der Waals surface area contributed by atoms with Crippen molar-refractivity contribution in [2.75, 3.05) is 40.3 Å². The number of carbonyl (C=O) groups is 4. The van der Waals surface area contributed by atoms with Crippen molar-refractivity contribution in [3.8, 4) is 0 Å². The van der Waals surface area contributed by atoms with E-state index in [0.29, 0.717) is 0 Å². The van der Waals surface area contributed by atoms with Gasteiger partial charge in [0.05, 0.1) is 6.10 Å². The van der Waals surface area contributed by atoms with E-state index in [1.165, 1.54) is 0 Å². The number of nitrogens with zero attached hydrogens (tertiary/aromatic N) is 2. The Labute approximate surface area is 225 Å². The smallest absolute Gasteiger partial charge is 0.598 e. The molecule has 5 aliphatic rings. The van der Waals surface area contributed by atoms with Gasteiger partial charge in [-0.25, -0.2) is 0 Å². The number of fused-ring (bicyclic) bond motifs is 2. The highest BCUT2D eigenvalue weighted by molar-refractivity contribution is 6.71. The largest absolute Gasteiger partial charge is 0.614 e. The van der Waals surface area contributed by atoms with Crippen molar-refractivity contribution in [2.24, 2.45) is 0 Å². The Hall–Kier alpha value is -3.93. The predicted molar refractivity (Wildman–Crippen MR) is 137 cm³/mol. The number of rotatable bonds is 4. The zero-order valence-corrected chi connectivity index (χ0v) is 21.6. The molecule has 202 valence electrons. The van der Waals surface area contributed by atoms with Crippen LogP contribution in [-0.2, 0) is 42.5 Å². The third-order valence-electron chi connectivity index (χ3n) is 8.30. The lowest BCUT2D eigenvalue weighted by Gasteiger charge is -2.38. The Morgan fingerprint density at radius 2 is 1.18 bits per heavy atom. The van der Waals surface area contributed by atoms with Crippen molar-refractivity contribution in [1.82, 2.24) is 0 Å². The van der Waals surface area contributed by atoms with Crippen molar-refractivity contribution < 1.29 is 51.3 Å². The quantitative estimate of drug-likeness (QED) is 0.417. The fourth-order valence-corrected chi connectivity index (χ4v) is 6.19. The van der Waals surface area contributed by atoms with Gasteiger partial charge in [0.15, 0.2) is 0 Å². The highest BCUT2D eigenvalue weighted by atomic mass is 16.7. The molecule has 11 nitrogen and oxygen atoms in total. The van der Waals surface area contributed by atoms with Crippen LogP contribution in [0.2, 0.25) is 0 Å². The van der Waals surface area contributed by atoms with E-state index in [4.69, 9.17) is 23.4 Å². The van der Waals surface area contributed by atoms with Gasteiger partial charge in [0.1, 0.15) is 32.2 Å². The summed E-state index contributed by atoms with van der Waals surface area (Å²) >= 11 is 0. The average Bonchev–Trinajstić information content (AvgIpc) is 3.45. The zero-order valence-electron chi connectivity index (χ0n) is 21.6. The highest BCUT2D eigenvalue weighted by Crippen LogP contribution is 2.51. The minimum absolute atomic E-state index is 0.160. The summed E-state index contributed by atoms with van der Waals surface area (Å²) in [7, 11) is 3.63. The number of epoxide rings is 1. The van der Waals surface area contributed by atoms with Gasteiger partial charge in [-0.2, -0.15) is 0 Å². The Bertz CT molecular complexity index is 1340. The van der Waals surface area contributed by atoms with Crippen LogP contribution >= 0.6 is 0 Å². The summed E-state index contributed by atoms with van der Waals surface area (Å²) in [6.07, 6.45) is 1.65. The molecule has 0 amide bonds. The second-order valence-corrected chi connectivity index (χ2v) is 11.2. The lowest BCUT2D eigenvalue weighted by Crippen LogP contribution is -2.64. The van der Waals surface area contributed by atoms with Gasteiger partial charge < -0.3 is 32.1 Å². The van der Waals surface area contributed by atoms with E-state index in [2.05, 4.69) is 0 Å². The molecule has 2 aromatic carbocycles. The summed E-state index contributed by atoms with van der Waals surface area (Å²) in [5, 5.41) is 0. The predicted octanol–water partition coefficient (Wildman–Crippen LogP) is 0.903. The second-order valence-electron chi connectivity index (χ2n) is 11.2. The minimum Gasteiger partial charge on any atom is -0.598 e. The summed E-state index contributed by atoms with van der Waals surface area (Å²) in [6.45, 7) is -3.48. The van der Waals surface area contributed by atoms with E-state index >= 15 is 0 Å². The maximum absolute atomic E-state index is 11.7. The van der Waals surface area contributed by atoms with E-state index in [1.807, 2.05) is 80.8 Å². The van der Waals surface area contributed by atoms with Crippen LogP contribution < -0.4 is 0 Å². The lowest BCUT2D eigenvalue weighted by atomic mass is 9.62. The molecule has 2 aromatic rings. The first-order chi connectivity index (χ1) is 18.6. The molecule has 0 aromatic heterocycles. The Morgan fingerprint density at radius 1 is 0.692 bits per heavy atom. The molecule has 2 atom stereocenters. The molecule has 5 heterocycles. The van der Waals surface area contributed by atoms with Crippen LogP contribution in [0.5, 0.6) is 0 Å². The monoisotopic (exact) mass is 534 g/mol. The number of quaternary nitrogens is 2. The normalized spacial score (nSPS) is 37.8. The van der Waals surface area contributed by atoms with Crippen LogP contribution in [0.1, 0.15) is 17.2 Å². The van der Waals surface area contributed by atoms with Crippen LogP contribution in [-0.4, -0.2) is 92.3 Å². The minimum atomic E-state index is -2.09. The summed E-state index contributed by atoms with van der Waals surface area (Å²) in [4.78, 5) is 46.4. The van der Waals surface area contributed by atoms with Crippen LogP contribution in [0.25, 0.3) is 6.08 Å². The number of benzene rings is 2. The SMILES string of the molecule is C[N+]12CC(=O)O[B-]1(/C=C/c1ccccc1)OC(=O)C2.C[N+]12CC(=O)O[B-]1(C1O[C@H]1c1ccccc1)OC(=O)C2. The molecule has 5 saturated heterocycles. The van der Waals surface area contributed by atoms with Crippen molar-refractivity contribution >= 4 is 43.3 Å². The number of likely N-dealkylation sites (N-methyl/N-ethyl adjacent to an activating group) is 2. The highest BCUT2D eigenvalue weighted by Gasteiger charge is 2.76. The Kier molecular flexibility index (Phi) is 5.72. The Balaban J connectivity index is 0.000000142. The molecule has 1 unspecified atom stereocenters. The van der Waals surface area contributed by atoms with Gasteiger partial charge in [0.2, 0.25) is 0 Å². The molecule has 0 spiro atoms. The maximum Gasteiger partial charge on any atom is 0.614 e. The molecule has 0 N–H and O–H groups in total. The summed E-state index contributed by atoms with van der Waals surface area (Å²) < 4.78 is 27.6. The van der Waals surface area contributed by atoms with Gasteiger partial charge >= 0.3 is 37.3 Å². The molecule has 13 heteroatoms. The molecule has 5 aliphatic heterocycles. The number of hydrogen-bond acceptors (Lipinski definition) is 9. The second kappa shape index (κ2) is 8.80. The first-order valence-electron chi connectivity index (χ1n) is 12.9. The van der Waals surface area contributed by atoms with E-state index in [-0.39, 0.29) is 71.0 Å². The van der Waals surface area contributed by atoms with Crippen molar-refractivity contribution in [3.05, 3.63) is 77.8 Å². The van der Waals surface area contributed by atoms with Crippen LogP contribution in [0.3, 0.4) is 0 Å². The molecular weight excluding hydrogens is 506 g/mol. The molecule has 0 aliphatic carbocycles. The summed E-state index contributed by atoms with van der Waals surface area (Å²) in [5.74, 6) is 0.399. The standard InChI is InChI=1S/C13H14BNO5.C13H14BNO4/c1-15-7-10(16)19-14(15,20-11(17)8-15)13-12(18-13)9-5-3-2-4-6-9;1-15-9-12(16)18-14(15,19-13(17)10-15)8-7-11-5-3-2-4-6-11/h2-6,12-13H,7-8H2,1H3;2-8H,9-10H2,1H3/b;8-7+/t12-,13?,14?,15?;/m0./s1. The van der Waals surface area contributed by atoms with Crippen molar-refractivity contribution in [1.29, 1.82) is 0 Å². The van der Waals surface area contributed by atoms with Crippen molar-refractivity contribution in [3.63, 3.8) is 0 Å². The van der Waals surface area contributed by atoms with Gasteiger partial charge in [-0.15, -0.1) is 0 Å². The maximum atomic E-state index is 11.7. The van der Waals surface area contributed by atoms with Gasteiger partial charge in [-0.3, -0.25) is 19.2 Å². The van der Waals surface area contributed by atoms with Crippen LogP contribution in [0.4, 0.5) is 0 Å². The summed E-state index contributed by atoms with van der Waals surface area (Å²) in [5.41, 5.74) is 1.97. The van der Waals surface area contributed by atoms with Crippen LogP contribution in [0.15, 0.2) is 66.6 Å². The van der Waals surface area contributed by atoms with Crippen LogP contribution in [0, 0.1) is 0 Å². The average molecular weight is 534 g/mol. The number of hydrogen-bond donors (Lipinski definition) is 0. The topological polar surface area (TPSA) is 118 Å². The molecule has 0 saturated carbocycles. The first kappa shape index (κ1) is 25.4. The molecule has 5 fully saturated rings.